The molecule has 0 fully saturated rings. The highest BCUT2D eigenvalue weighted by molar-refractivity contribution is 14.1. The van der Waals surface area contributed by atoms with E-state index in [4.69, 9.17) is 0 Å². The molecule has 0 radical (unpaired) electrons. The van der Waals surface area contributed by atoms with Crippen LogP contribution in [0.4, 0.5) is 5.13 Å². The third kappa shape index (κ3) is 3.56. The molecule has 3 aromatic rings. The van der Waals surface area contributed by atoms with Crippen molar-refractivity contribution in [1.29, 1.82) is 0 Å². The number of anilines is 1. The number of thiazole rings is 1. The van der Waals surface area contributed by atoms with Crippen LogP contribution in [0.5, 0.6) is 0 Å². The fraction of sp³-hybridized carbons (Fsp3) is 0.125. The number of benzene rings is 1. The van der Waals surface area contributed by atoms with E-state index in [1.54, 1.807) is 0 Å². The SMILES string of the molecule is Cc1cc(-c2csc(NC(=O)c3cnccn3)n2)cc(C)c1I. The molecule has 1 amide bonds. The van der Waals surface area contributed by atoms with Gasteiger partial charge in [-0.3, -0.25) is 15.1 Å². The molecule has 7 heteroatoms. The van der Waals surface area contributed by atoms with Crippen LogP contribution in [0.3, 0.4) is 0 Å². The second kappa shape index (κ2) is 6.71. The third-order valence-electron chi connectivity index (χ3n) is 3.25. The molecule has 2 aromatic heterocycles. The molecule has 0 aliphatic rings. The van der Waals surface area contributed by atoms with E-state index in [9.17, 15) is 4.79 Å². The Kier molecular flexibility index (Phi) is 4.67. The number of rotatable bonds is 3. The van der Waals surface area contributed by atoms with Gasteiger partial charge < -0.3 is 0 Å². The van der Waals surface area contributed by atoms with E-state index in [1.807, 2.05) is 5.38 Å². The van der Waals surface area contributed by atoms with Crippen molar-refractivity contribution in [3.05, 3.63) is 56.5 Å². The molecule has 116 valence electrons. The Balaban J connectivity index is 1.82. The van der Waals surface area contributed by atoms with E-state index in [-0.39, 0.29) is 11.6 Å². The summed E-state index contributed by atoms with van der Waals surface area (Å²) in [5, 5.41) is 5.24. The number of carbonyl (C=O) groups is 1. The van der Waals surface area contributed by atoms with Crippen LogP contribution in [-0.2, 0) is 0 Å². The topological polar surface area (TPSA) is 67.8 Å². The van der Waals surface area contributed by atoms with Crippen LogP contribution < -0.4 is 5.32 Å². The van der Waals surface area contributed by atoms with Crippen LogP contribution in [0.15, 0.2) is 36.1 Å². The van der Waals surface area contributed by atoms with Gasteiger partial charge in [0.2, 0.25) is 0 Å². The van der Waals surface area contributed by atoms with Gasteiger partial charge in [0.15, 0.2) is 5.13 Å². The fourth-order valence-corrected chi connectivity index (χ4v) is 3.16. The van der Waals surface area contributed by atoms with Crippen LogP contribution in [0.25, 0.3) is 11.3 Å². The summed E-state index contributed by atoms with van der Waals surface area (Å²) >= 11 is 3.74. The smallest absolute Gasteiger partial charge is 0.277 e. The fourth-order valence-electron chi connectivity index (χ4n) is 2.14. The molecule has 0 atom stereocenters. The number of halogens is 1. The third-order valence-corrected chi connectivity index (χ3v) is 5.71. The van der Waals surface area contributed by atoms with E-state index in [0.29, 0.717) is 5.13 Å². The number of nitrogens with one attached hydrogen (secondary N) is 1. The zero-order valence-corrected chi connectivity index (χ0v) is 15.5. The van der Waals surface area contributed by atoms with Crippen molar-refractivity contribution in [2.75, 3.05) is 5.32 Å². The number of hydrogen-bond donors (Lipinski definition) is 1. The summed E-state index contributed by atoms with van der Waals surface area (Å²) in [6.07, 6.45) is 4.44. The lowest BCUT2D eigenvalue weighted by Gasteiger charge is -2.06. The van der Waals surface area contributed by atoms with Crippen LogP contribution >= 0.6 is 33.9 Å². The number of hydrogen-bond acceptors (Lipinski definition) is 5. The molecular formula is C16H13IN4OS. The molecule has 23 heavy (non-hydrogen) atoms. The number of nitrogens with zero attached hydrogens (tertiary/aromatic N) is 3. The Morgan fingerprint density at radius 1 is 1.22 bits per heavy atom. The van der Waals surface area contributed by atoms with Crippen molar-refractivity contribution in [2.24, 2.45) is 0 Å². The van der Waals surface area contributed by atoms with Crippen molar-refractivity contribution < 1.29 is 4.79 Å². The molecule has 0 unspecified atom stereocenters. The summed E-state index contributed by atoms with van der Waals surface area (Å²) in [5.41, 5.74) is 4.62. The molecule has 0 aliphatic heterocycles. The summed E-state index contributed by atoms with van der Waals surface area (Å²) < 4.78 is 1.26. The summed E-state index contributed by atoms with van der Waals surface area (Å²) in [7, 11) is 0. The molecule has 0 aliphatic carbocycles. The molecule has 5 nitrogen and oxygen atoms in total. The van der Waals surface area contributed by atoms with Crippen molar-refractivity contribution in [3.63, 3.8) is 0 Å². The average molecular weight is 436 g/mol. The minimum Gasteiger partial charge on any atom is -0.296 e. The molecule has 1 N–H and O–H groups in total. The first-order valence-electron chi connectivity index (χ1n) is 6.84. The van der Waals surface area contributed by atoms with Crippen molar-refractivity contribution in [1.82, 2.24) is 15.0 Å². The van der Waals surface area contributed by atoms with E-state index >= 15 is 0 Å². The van der Waals surface area contributed by atoms with E-state index in [2.05, 4.69) is 68.8 Å². The van der Waals surface area contributed by atoms with Gasteiger partial charge in [0.05, 0.1) is 11.9 Å². The Labute approximate surface area is 151 Å². The summed E-state index contributed by atoms with van der Waals surface area (Å²) in [6, 6.07) is 4.22. The average Bonchev–Trinajstić information content (AvgIpc) is 3.01. The Bertz CT molecular complexity index is 841. The quantitative estimate of drug-likeness (QED) is 0.629. The molecule has 0 bridgehead atoms. The van der Waals surface area contributed by atoms with Gasteiger partial charge in [-0.1, -0.05) is 0 Å². The second-order valence-electron chi connectivity index (χ2n) is 5.01. The maximum atomic E-state index is 12.1. The van der Waals surface area contributed by atoms with Gasteiger partial charge in [-0.2, -0.15) is 0 Å². The van der Waals surface area contributed by atoms with Crippen LogP contribution in [0.2, 0.25) is 0 Å². The van der Waals surface area contributed by atoms with E-state index < -0.39 is 0 Å². The summed E-state index contributed by atoms with van der Waals surface area (Å²) in [5.74, 6) is -0.311. The maximum absolute atomic E-state index is 12.1. The van der Waals surface area contributed by atoms with Crippen LogP contribution in [0.1, 0.15) is 21.6 Å². The molecule has 0 spiro atoms. The highest BCUT2D eigenvalue weighted by atomic mass is 127. The standard InChI is InChI=1S/C16H13IN4OS/c1-9-5-11(6-10(2)14(9)17)13-8-23-16(20-13)21-15(22)12-7-18-3-4-19-12/h3-8H,1-2H3,(H,20,21,22). The molecule has 0 saturated heterocycles. The number of carbonyl (C=O) groups excluding carboxylic acids is 1. The second-order valence-corrected chi connectivity index (χ2v) is 6.94. The van der Waals surface area contributed by atoms with Gasteiger partial charge in [0.25, 0.3) is 5.91 Å². The minimum absolute atomic E-state index is 0.269. The molecule has 0 saturated carbocycles. The first-order chi connectivity index (χ1) is 11.0. The Morgan fingerprint density at radius 3 is 2.61 bits per heavy atom. The first-order valence-corrected chi connectivity index (χ1v) is 8.80. The molecule has 3 rings (SSSR count). The predicted molar refractivity (Wildman–Crippen MR) is 99.7 cm³/mol. The lowest BCUT2D eigenvalue weighted by molar-refractivity contribution is 0.102. The van der Waals surface area contributed by atoms with Gasteiger partial charge in [0.1, 0.15) is 5.69 Å². The Morgan fingerprint density at radius 2 is 1.96 bits per heavy atom. The number of amides is 1. The van der Waals surface area contributed by atoms with Gasteiger partial charge >= 0.3 is 0 Å². The van der Waals surface area contributed by atoms with Crippen molar-refractivity contribution in [3.8, 4) is 11.3 Å². The molecular weight excluding hydrogens is 423 g/mol. The normalized spacial score (nSPS) is 10.6. The lowest BCUT2D eigenvalue weighted by atomic mass is 10.1. The number of aryl methyl sites for hydroxylation is 2. The van der Waals surface area contributed by atoms with Crippen molar-refractivity contribution >= 4 is 45.0 Å². The van der Waals surface area contributed by atoms with E-state index in [0.717, 1.165) is 11.3 Å². The largest absolute Gasteiger partial charge is 0.296 e. The van der Waals surface area contributed by atoms with Gasteiger partial charge in [-0.15, -0.1) is 11.3 Å². The zero-order chi connectivity index (χ0) is 16.4. The summed E-state index contributed by atoms with van der Waals surface area (Å²) in [6.45, 7) is 4.17. The number of aromatic nitrogens is 3. The minimum atomic E-state index is -0.311. The predicted octanol–water partition coefficient (Wildman–Crippen LogP) is 4.07. The van der Waals surface area contributed by atoms with Crippen LogP contribution in [-0.4, -0.2) is 20.9 Å². The van der Waals surface area contributed by atoms with Crippen molar-refractivity contribution in [2.45, 2.75) is 13.8 Å². The van der Waals surface area contributed by atoms with Gasteiger partial charge in [-0.25, -0.2) is 9.97 Å². The summed E-state index contributed by atoms with van der Waals surface area (Å²) in [4.78, 5) is 24.4. The Hall–Kier alpha value is -1.87. The van der Waals surface area contributed by atoms with E-state index in [1.165, 1.54) is 44.6 Å². The van der Waals surface area contributed by atoms with Crippen LogP contribution in [0, 0.1) is 17.4 Å². The highest BCUT2D eigenvalue weighted by Gasteiger charge is 2.12. The monoisotopic (exact) mass is 436 g/mol. The first kappa shape index (κ1) is 16.0. The maximum Gasteiger partial charge on any atom is 0.277 e. The zero-order valence-electron chi connectivity index (χ0n) is 12.5. The van der Waals surface area contributed by atoms with Gasteiger partial charge in [0, 0.05) is 26.9 Å². The van der Waals surface area contributed by atoms with Gasteiger partial charge in [-0.05, 0) is 59.7 Å². The lowest BCUT2D eigenvalue weighted by Crippen LogP contribution is -2.13. The molecule has 2 heterocycles. The molecule has 1 aromatic carbocycles. The highest BCUT2D eigenvalue weighted by Crippen LogP contribution is 2.29.